The van der Waals surface area contributed by atoms with E-state index < -0.39 is 10.0 Å². The van der Waals surface area contributed by atoms with Crippen LogP contribution in [0.4, 0.5) is 0 Å². The lowest BCUT2D eigenvalue weighted by atomic mass is 10.1. The Bertz CT molecular complexity index is 720. The molecule has 0 bridgehead atoms. The van der Waals surface area contributed by atoms with E-state index in [1.54, 1.807) is 20.2 Å². The number of nitrogens with zero attached hydrogens (tertiary/aromatic N) is 3. The fourth-order valence-electron chi connectivity index (χ4n) is 3.35. The molecule has 2 rings (SSSR count). The summed E-state index contributed by atoms with van der Waals surface area (Å²) in [6.07, 6.45) is 1.89. The number of ether oxygens (including phenoxy) is 1. The number of hydrogen-bond donors (Lipinski definition) is 1. The van der Waals surface area contributed by atoms with Crippen LogP contribution in [0.3, 0.4) is 0 Å². The molecule has 1 unspecified atom stereocenters. The molecular weight excluding hydrogens is 511 g/mol. The van der Waals surface area contributed by atoms with Crippen LogP contribution < -0.4 is 5.32 Å². The smallest absolute Gasteiger partial charge is 0.252 e. The van der Waals surface area contributed by atoms with Crippen LogP contribution in [-0.2, 0) is 21.2 Å². The summed E-state index contributed by atoms with van der Waals surface area (Å²) >= 11 is 1.36. The van der Waals surface area contributed by atoms with Crippen LogP contribution in [0, 0.1) is 5.92 Å². The van der Waals surface area contributed by atoms with Crippen LogP contribution in [-0.4, -0.2) is 77.1 Å². The van der Waals surface area contributed by atoms with Gasteiger partial charge in [-0.2, -0.15) is 4.31 Å². The summed E-state index contributed by atoms with van der Waals surface area (Å²) in [5, 5.41) is 3.40. The predicted octanol–water partition coefficient (Wildman–Crippen LogP) is 2.48. The van der Waals surface area contributed by atoms with Crippen molar-refractivity contribution >= 4 is 51.3 Å². The predicted molar refractivity (Wildman–Crippen MR) is 126 cm³/mol. The van der Waals surface area contributed by atoms with Crippen LogP contribution in [0.15, 0.2) is 21.3 Å². The fourth-order valence-corrected chi connectivity index (χ4v) is 6.32. The van der Waals surface area contributed by atoms with Gasteiger partial charge in [-0.25, -0.2) is 8.42 Å². The molecule has 1 aliphatic rings. The zero-order valence-corrected chi connectivity index (χ0v) is 21.1. The van der Waals surface area contributed by atoms with Crippen molar-refractivity contribution in [2.45, 2.75) is 30.9 Å². The lowest BCUT2D eigenvalue weighted by molar-refractivity contribution is 0.157. The van der Waals surface area contributed by atoms with E-state index in [9.17, 15) is 8.42 Å². The second kappa shape index (κ2) is 12.3. The number of rotatable bonds is 9. The Morgan fingerprint density at radius 2 is 2.11 bits per heavy atom. The summed E-state index contributed by atoms with van der Waals surface area (Å²) in [7, 11) is 0.176. The third-order valence-electron chi connectivity index (χ3n) is 4.79. The minimum absolute atomic E-state index is 0. The first-order chi connectivity index (χ1) is 13.0. The van der Waals surface area contributed by atoms with Crippen molar-refractivity contribution in [3.05, 3.63) is 17.0 Å². The first-order valence-electron chi connectivity index (χ1n) is 9.49. The van der Waals surface area contributed by atoms with Crippen LogP contribution in [0.1, 0.15) is 25.1 Å². The highest BCUT2D eigenvalue weighted by molar-refractivity contribution is 14.0. The summed E-state index contributed by atoms with van der Waals surface area (Å²) in [5.41, 5.74) is 0. The molecule has 1 aromatic rings. The van der Waals surface area contributed by atoms with Gasteiger partial charge in [0.25, 0.3) is 10.0 Å². The molecule has 1 N–H and O–H groups in total. The molecule has 162 valence electrons. The maximum atomic E-state index is 12.6. The molecule has 1 fully saturated rings. The number of aliphatic imine (C=N–C) groups is 1. The van der Waals surface area contributed by atoms with Crippen LogP contribution in [0.5, 0.6) is 0 Å². The number of methoxy groups -OCH3 is 1. The largest absolute Gasteiger partial charge is 0.384 e. The number of thiophene rings is 1. The van der Waals surface area contributed by atoms with Crippen molar-refractivity contribution in [2.75, 3.05) is 53.5 Å². The normalized spacial score (nSPS) is 17.8. The average molecular weight is 545 g/mol. The summed E-state index contributed by atoms with van der Waals surface area (Å²) in [5.74, 6) is 1.46. The van der Waals surface area contributed by atoms with Gasteiger partial charge < -0.3 is 15.0 Å². The molecule has 1 atom stereocenters. The fraction of sp³-hybridized carbons (Fsp3) is 0.722. The number of likely N-dealkylation sites (tertiary alicyclic amines) is 1. The Morgan fingerprint density at radius 3 is 2.71 bits per heavy atom. The van der Waals surface area contributed by atoms with E-state index in [4.69, 9.17) is 4.74 Å². The van der Waals surface area contributed by atoms with Crippen molar-refractivity contribution in [1.29, 1.82) is 0 Å². The molecule has 0 amide bonds. The monoisotopic (exact) mass is 544 g/mol. The van der Waals surface area contributed by atoms with E-state index in [1.807, 2.05) is 19.9 Å². The Labute approximate surface area is 190 Å². The van der Waals surface area contributed by atoms with Gasteiger partial charge in [0.05, 0.1) is 6.61 Å². The molecule has 0 aliphatic carbocycles. The number of sulfonamides is 1. The number of hydrogen-bond acceptors (Lipinski definition) is 5. The molecule has 0 saturated carbocycles. The van der Waals surface area contributed by atoms with Crippen LogP contribution >= 0.6 is 35.3 Å². The van der Waals surface area contributed by atoms with Gasteiger partial charge in [0.15, 0.2) is 5.96 Å². The highest BCUT2D eigenvalue weighted by atomic mass is 127. The minimum atomic E-state index is -3.36. The molecule has 1 saturated heterocycles. The Kier molecular flexibility index (Phi) is 11.3. The molecule has 28 heavy (non-hydrogen) atoms. The number of guanidine groups is 1. The molecule has 10 heteroatoms. The Hall–Kier alpha value is -0.430. The zero-order chi connectivity index (χ0) is 19.9. The highest BCUT2D eigenvalue weighted by Gasteiger charge is 2.25. The van der Waals surface area contributed by atoms with Gasteiger partial charge in [-0.15, -0.1) is 35.3 Å². The van der Waals surface area contributed by atoms with Gasteiger partial charge in [0.2, 0.25) is 0 Å². The minimum Gasteiger partial charge on any atom is -0.384 e. The Balaban J connectivity index is 0.00000392. The van der Waals surface area contributed by atoms with E-state index in [-0.39, 0.29) is 24.0 Å². The quantitative estimate of drug-likeness (QED) is 0.294. The van der Waals surface area contributed by atoms with E-state index in [2.05, 4.69) is 15.2 Å². The summed E-state index contributed by atoms with van der Waals surface area (Å²) in [6.45, 7) is 8.16. The molecule has 1 aromatic heterocycles. The summed E-state index contributed by atoms with van der Waals surface area (Å²) in [6, 6.07) is 3.63. The summed E-state index contributed by atoms with van der Waals surface area (Å²) in [4.78, 5) is 7.69. The number of halogens is 1. The molecular formula is C18H33IN4O3S2. The molecule has 0 spiro atoms. The summed E-state index contributed by atoms with van der Waals surface area (Å²) < 4.78 is 32.3. The molecule has 1 aliphatic heterocycles. The second-order valence-electron chi connectivity index (χ2n) is 6.59. The van der Waals surface area contributed by atoms with Gasteiger partial charge in [-0.3, -0.25) is 4.99 Å². The standard InChI is InChI=1S/C18H32N4O3S2.HI/c1-5-22(6-2)27(23,24)17-8-7-16(26-17)9-11-20-18(19-3)21-12-10-15(13-21)14-25-4;/h7-8,15H,5-6,9-14H2,1-4H3,(H,19,20);1H. The zero-order valence-electron chi connectivity index (χ0n) is 17.2. The molecule has 0 aromatic carbocycles. The third kappa shape index (κ3) is 6.54. The van der Waals surface area contributed by atoms with E-state index in [0.29, 0.717) is 23.2 Å². The van der Waals surface area contributed by atoms with Crippen molar-refractivity contribution in [2.24, 2.45) is 10.9 Å². The van der Waals surface area contributed by atoms with E-state index >= 15 is 0 Å². The van der Waals surface area contributed by atoms with Gasteiger partial charge in [0, 0.05) is 57.7 Å². The molecule has 2 heterocycles. The topological polar surface area (TPSA) is 74.2 Å². The van der Waals surface area contributed by atoms with E-state index in [1.165, 1.54) is 15.6 Å². The first-order valence-corrected chi connectivity index (χ1v) is 11.7. The first kappa shape index (κ1) is 25.6. The molecule has 0 radical (unpaired) electrons. The SMILES string of the molecule is CCN(CC)S(=O)(=O)c1ccc(CCNC(=NC)N2CCC(COC)C2)s1.I. The lowest BCUT2D eigenvalue weighted by Gasteiger charge is -2.21. The van der Waals surface area contributed by atoms with Gasteiger partial charge >= 0.3 is 0 Å². The van der Waals surface area contributed by atoms with Gasteiger partial charge in [0.1, 0.15) is 4.21 Å². The maximum Gasteiger partial charge on any atom is 0.252 e. The second-order valence-corrected chi connectivity index (χ2v) is 9.92. The van der Waals surface area contributed by atoms with Crippen molar-refractivity contribution in [3.63, 3.8) is 0 Å². The van der Waals surface area contributed by atoms with Crippen molar-refractivity contribution in [1.82, 2.24) is 14.5 Å². The molecule has 7 nitrogen and oxygen atoms in total. The van der Waals surface area contributed by atoms with Crippen LogP contribution in [0.2, 0.25) is 0 Å². The average Bonchev–Trinajstić information content (AvgIpc) is 3.30. The maximum absolute atomic E-state index is 12.6. The third-order valence-corrected chi connectivity index (χ3v) is 8.45. The van der Waals surface area contributed by atoms with Crippen molar-refractivity contribution in [3.8, 4) is 0 Å². The number of nitrogens with one attached hydrogen (secondary N) is 1. The van der Waals surface area contributed by atoms with Gasteiger partial charge in [-0.1, -0.05) is 13.8 Å². The lowest BCUT2D eigenvalue weighted by Crippen LogP contribution is -2.41. The van der Waals surface area contributed by atoms with Crippen LogP contribution in [0.25, 0.3) is 0 Å². The van der Waals surface area contributed by atoms with Crippen molar-refractivity contribution < 1.29 is 13.2 Å². The Morgan fingerprint density at radius 1 is 1.39 bits per heavy atom. The van der Waals surface area contributed by atoms with E-state index in [0.717, 1.165) is 49.9 Å². The van der Waals surface area contributed by atoms with Gasteiger partial charge in [-0.05, 0) is 25.0 Å². The highest BCUT2D eigenvalue weighted by Crippen LogP contribution is 2.25.